The molecule has 4 nitrogen and oxygen atoms in total. The van der Waals surface area contributed by atoms with E-state index in [1.165, 1.54) is 4.90 Å². The zero-order chi connectivity index (χ0) is 13.7. The highest BCUT2D eigenvalue weighted by atomic mass is 32.1. The summed E-state index contributed by atoms with van der Waals surface area (Å²) in [4.78, 5) is 1.50. The Labute approximate surface area is 111 Å². The summed E-state index contributed by atoms with van der Waals surface area (Å²) < 4.78 is 25.5. The van der Waals surface area contributed by atoms with Crippen LogP contribution in [0.3, 0.4) is 0 Å². The summed E-state index contributed by atoms with van der Waals surface area (Å²) in [5.41, 5.74) is 0. The van der Waals surface area contributed by atoms with Crippen LogP contribution in [0.15, 0.2) is 0 Å². The van der Waals surface area contributed by atoms with Gasteiger partial charge in [0.05, 0.1) is 18.1 Å². The van der Waals surface area contributed by atoms with Gasteiger partial charge >= 0.3 is 0 Å². The molecule has 0 spiro atoms. The number of aliphatic hydroxyl groups excluding tert-OH is 2. The van der Waals surface area contributed by atoms with E-state index < -0.39 is 24.6 Å². The monoisotopic (exact) mass is 282 g/mol. The van der Waals surface area contributed by atoms with E-state index in [0.717, 1.165) is 12.8 Å². The number of halogens is 2. The number of hydrogen-bond acceptors (Lipinski definition) is 3. The fraction of sp³-hybridized carbons (Fsp3) is 0.909. The highest BCUT2D eigenvalue weighted by Gasteiger charge is 2.40. The maximum atomic E-state index is 12.7. The van der Waals surface area contributed by atoms with Crippen molar-refractivity contribution in [3.05, 3.63) is 0 Å². The molecule has 1 saturated heterocycles. The number of unbranched alkanes of at least 4 members (excludes halogenated alkanes) is 1. The maximum absolute atomic E-state index is 12.7. The van der Waals surface area contributed by atoms with Gasteiger partial charge in [0.15, 0.2) is 5.11 Å². The van der Waals surface area contributed by atoms with Crippen LogP contribution in [0, 0.1) is 5.92 Å². The Morgan fingerprint density at radius 2 is 2.11 bits per heavy atom. The number of nitrogens with zero attached hydrogens (tertiary/aromatic N) is 1. The zero-order valence-corrected chi connectivity index (χ0v) is 11.2. The molecule has 1 fully saturated rings. The fourth-order valence-electron chi connectivity index (χ4n) is 1.93. The van der Waals surface area contributed by atoms with E-state index in [4.69, 9.17) is 12.2 Å². The van der Waals surface area contributed by atoms with E-state index in [1.807, 2.05) is 6.92 Å². The van der Waals surface area contributed by atoms with Gasteiger partial charge in [-0.25, -0.2) is 8.78 Å². The molecule has 0 radical (unpaired) electrons. The van der Waals surface area contributed by atoms with Gasteiger partial charge in [-0.2, -0.15) is 0 Å². The van der Waals surface area contributed by atoms with Crippen molar-refractivity contribution in [1.29, 1.82) is 0 Å². The molecule has 1 aliphatic heterocycles. The smallest absolute Gasteiger partial charge is 0.245 e. The molecular weight excluding hydrogens is 262 g/mol. The lowest BCUT2D eigenvalue weighted by Crippen LogP contribution is -2.58. The topological polar surface area (TPSA) is 55.7 Å². The Bertz CT molecular complexity index is 282. The average Bonchev–Trinajstić information content (AvgIpc) is 2.32. The number of thiocarbonyl (C=S) groups is 1. The fourth-order valence-corrected chi connectivity index (χ4v) is 2.19. The van der Waals surface area contributed by atoms with E-state index in [9.17, 15) is 19.0 Å². The van der Waals surface area contributed by atoms with Crippen LogP contribution in [0.1, 0.15) is 19.8 Å². The standard InChI is InChI=1S/C11H20F2N2O2S/c1-2-3-4-14-11(18)15-5-7(10(12)13)9(17)8(16)6-15/h7-10,16-17H,2-6H2,1H3,(H,14,18). The van der Waals surface area contributed by atoms with Crippen molar-refractivity contribution in [2.45, 2.75) is 38.4 Å². The Morgan fingerprint density at radius 3 is 2.67 bits per heavy atom. The van der Waals surface area contributed by atoms with Crippen molar-refractivity contribution in [1.82, 2.24) is 10.2 Å². The Balaban J connectivity index is 2.53. The zero-order valence-electron chi connectivity index (χ0n) is 10.4. The maximum Gasteiger partial charge on any atom is 0.245 e. The van der Waals surface area contributed by atoms with Gasteiger partial charge in [-0.05, 0) is 18.6 Å². The summed E-state index contributed by atoms with van der Waals surface area (Å²) in [5, 5.41) is 22.4. The van der Waals surface area contributed by atoms with Crippen LogP contribution in [0.2, 0.25) is 0 Å². The highest BCUT2D eigenvalue weighted by Crippen LogP contribution is 2.23. The number of alkyl halides is 2. The number of β-amino-alcohol motifs (C(OH)–C–C–N with tert-alkyl or cyclic N) is 1. The molecule has 0 amide bonds. The summed E-state index contributed by atoms with van der Waals surface area (Å²) in [6, 6.07) is 0. The van der Waals surface area contributed by atoms with Crippen LogP contribution in [0.25, 0.3) is 0 Å². The molecule has 0 aromatic rings. The molecule has 7 heteroatoms. The van der Waals surface area contributed by atoms with Crippen molar-refractivity contribution >= 4 is 17.3 Å². The molecule has 1 rings (SSSR count). The van der Waals surface area contributed by atoms with E-state index in [0.29, 0.717) is 11.7 Å². The predicted octanol–water partition coefficient (Wildman–Crippen LogP) is 0.580. The molecule has 0 aromatic carbocycles. The third-order valence-electron chi connectivity index (χ3n) is 3.09. The second kappa shape index (κ2) is 7.16. The Morgan fingerprint density at radius 1 is 1.44 bits per heavy atom. The molecule has 0 saturated carbocycles. The van der Waals surface area contributed by atoms with Crippen LogP contribution < -0.4 is 5.32 Å². The first-order valence-electron chi connectivity index (χ1n) is 6.14. The second-order valence-corrected chi connectivity index (χ2v) is 4.93. The SMILES string of the molecule is CCCCNC(=S)N1CC(O)C(O)C(C(F)F)C1. The predicted molar refractivity (Wildman–Crippen MR) is 68.6 cm³/mol. The van der Waals surface area contributed by atoms with Crippen molar-refractivity contribution in [2.75, 3.05) is 19.6 Å². The third kappa shape index (κ3) is 4.00. The molecule has 3 N–H and O–H groups in total. The molecular formula is C11H20F2N2O2S. The van der Waals surface area contributed by atoms with Crippen molar-refractivity contribution < 1.29 is 19.0 Å². The number of likely N-dealkylation sites (tertiary alicyclic amines) is 1. The van der Waals surface area contributed by atoms with Crippen molar-refractivity contribution in [3.8, 4) is 0 Å². The number of nitrogens with one attached hydrogen (secondary N) is 1. The molecule has 0 aromatic heterocycles. The Hall–Kier alpha value is -0.530. The van der Waals surface area contributed by atoms with Crippen molar-refractivity contribution in [2.24, 2.45) is 5.92 Å². The van der Waals surface area contributed by atoms with Crippen molar-refractivity contribution in [3.63, 3.8) is 0 Å². The van der Waals surface area contributed by atoms with Gasteiger partial charge in [-0.3, -0.25) is 0 Å². The van der Waals surface area contributed by atoms with Gasteiger partial charge in [0, 0.05) is 19.6 Å². The summed E-state index contributed by atoms with van der Waals surface area (Å²) in [6.07, 6.45) is -3.30. The number of rotatable bonds is 4. The number of hydrogen-bond donors (Lipinski definition) is 3. The van der Waals surface area contributed by atoms with E-state index >= 15 is 0 Å². The van der Waals surface area contributed by atoms with Gasteiger partial charge in [0.2, 0.25) is 6.43 Å². The normalized spacial score (nSPS) is 28.6. The van der Waals surface area contributed by atoms with Gasteiger partial charge in [0.25, 0.3) is 0 Å². The lowest BCUT2D eigenvalue weighted by atomic mass is 9.93. The molecule has 0 bridgehead atoms. The van der Waals surface area contributed by atoms with Crippen LogP contribution in [-0.2, 0) is 0 Å². The summed E-state index contributed by atoms with van der Waals surface area (Å²) in [5.74, 6) is -1.26. The van der Waals surface area contributed by atoms with Crippen LogP contribution >= 0.6 is 12.2 Å². The van der Waals surface area contributed by atoms with Crippen LogP contribution in [0.5, 0.6) is 0 Å². The molecule has 1 heterocycles. The van der Waals surface area contributed by atoms with Gasteiger partial charge < -0.3 is 20.4 Å². The third-order valence-corrected chi connectivity index (χ3v) is 3.49. The summed E-state index contributed by atoms with van der Waals surface area (Å²) in [7, 11) is 0. The van der Waals surface area contributed by atoms with Crippen LogP contribution in [0.4, 0.5) is 8.78 Å². The molecule has 3 atom stereocenters. The lowest BCUT2D eigenvalue weighted by Gasteiger charge is -2.40. The molecule has 106 valence electrons. The number of piperidine rings is 1. The van der Waals surface area contributed by atoms with Gasteiger partial charge in [0.1, 0.15) is 0 Å². The largest absolute Gasteiger partial charge is 0.390 e. The quantitative estimate of drug-likeness (QED) is 0.520. The number of aliphatic hydroxyl groups is 2. The second-order valence-electron chi connectivity index (χ2n) is 4.55. The molecule has 18 heavy (non-hydrogen) atoms. The molecule has 1 aliphatic rings. The average molecular weight is 282 g/mol. The molecule has 0 aliphatic carbocycles. The first-order chi connectivity index (χ1) is 8.47. The van der Waals surface area contributed by atoms with E-state index in [-0.39, 0.29) is 13.1 Å². The minimum Gasteiger partial charge on any atom is -0.390 e. The minimum absolute atomic E-state index is 0.0339. The first kappa shape index (κ1) is 15.5. The van der Waals surface area contributed by atoms with Gasteiger partial charge in [-0.1, -0.05) is 13.3 Å². The van der Waals surface area contributed by atoms with Gasteiger partial charge in [-0.15, -0.1) is 0 Å². The minimum atomic E-state index is -2.67. The summed E-state index contributed by atoms with van der Waals surface area (Å²) in [6.45, 7) is 2.78. The Kier molecular flexibility index (Phi) is 6.17. The molecule has 3 unspecified atom stereocenters. The van der Waals surface area contributed by atoms with E-state index in [1.54, 1.807) is 0 Å². The first-order valence-corrected chi connectivity index (χ1v) is 6.55. The summed E-state index contributed by atoms with van der Waals surface area (Å²) >= 11 is 5.10. The highest BCUT2D eigenvalue weighted by molar-refractivity contribution is 7.80. The van der Waals surface area contributed by atoms with Crippen LogP contribution in [-0.4, -0.2) is 58.5 Å². The van der Waals surface area contributed by atoms with E-state index in [2.05, 4.69) is 5.32 Å². The lowest BCUT2D eigenvalue weighted by molar-refractivity contribution is -0.104.